The molecule has 12 nitrogen and oxygen atoms in total. The van der Waals surface area contributed by atoms with Crippen LogP contribution in [0.3, 0.4) is 0 Å². The Morgan fingerprint density at radius 1 is 0.905 bits per heavy atom. The molecule has 3 aromatic carbocycles. The number of unbranched alkanes of at least 4 members (excludes halogenated alkanes) is 1. The van der Waals surface area contributed by atoms with Crippen LogP contribution in [0.2, 0.25) is 0 Å². The maximum Gasteiger partial charge on any atom is 0.271 e. The summed E-state index contributed by atoms with van der Waals surface area (Å²) in [6, 6.07) is 15.0. The van der Waals surface area contributed by atoms with Gasteiger partial charge in [0.2, 0.25) is 11.7 Å². The number of hydroxylamine groups is 1. The molecule has 220 valence electrons. The Morgan fingerprint density at radius 2 is 1.64 bits per heavy atom. The van der Waals surface area contributed by atoms with Crippen molar-refractivity contribution >= 4 is 28.9 Å². The number of hydrogen-bond acceptors (Lipinski definition) is 10. The second kappa shape index (κ2) is 12.0. The molecule has 0 unspecified atom stereocenters. The quantitative estimate of drug-likeness (QED) is 0.135. The summed E-state index contributed by atoms with van der Waals surface area (Å²) in [4.78, 5) is 46.1. The van der Waals surface area contributed by atoms with Gasteiger partial charge >= 0.3 is 0 Å². The van der Waals surface area contributed by atoms with Crippen LogP contribution in [0, 0.1) is 16.0 Å². The minimum absolute atomic E-state index is 0.174. The van der Waals surface area contributed by atoms with Gasteiger partial charge < -0.3 is 18.9 Å². The molecule has 0 spiro atoms. The molecule has 0 saturated carbocycles. The number of fused-ring (bicyclic) bond motifs is 1. The third kappa shape index (κ3) is 4.94. The minimum atomic E-state index is -1.19. The number of benzene rings is 3. The van der Waals surface area contributed by atoms with Crippen molar-refractivity contribution in [1.82, 2.24) is 0 Å². The Kier molecular flexibility index (Phi) is 8.16. The molecule has 2 amide bonds. The lowest BCUT2D eigenvalue weighted by Crippen LogP contribution is -2.37. The van der Waals surface area contributed by atoms with Gasteiger partial charge in [-0.1, -0.05) is 19.4 Å². The summed E-state index contributed by atoms with van der Waals surface area (Å²) in [5.74, 6) is -0.466. The molecule has 0 aliphatic carbocycles. The number of amides is 2. The second-order valence-electron chi connectivity index (χ2n) is 9.73. The molecular weight excluding hydrogens is 546 g/mol. The Balaban J connectivity index is 1.58. The summed E-state index contributed by atoms with van der Waals surface area (Å²) in [6.07, 6.45) is 0.713. The molecule has 2 aliphatic rings. The zero-order valence-electron chi connectivity index (χ0n) is 23.6. The van der Waals surface area contributed by atoms with Crippen LogP contribution < -0.4 is 28.9 Å². The van der Waals surface area contributed by atoms with E-state index in [4.69, 9.17) is 23.8 Å². The Labute approximate surface area is 242 Å². The largest absolute Gasteiger partial charge is 0.494 e. The van der Waals surface area contributed by atoms with E-state index in [-0.39, 0.29) is 17.2 Å². The first kappa shape index (κ1) is 28.7. The normalized spacial score (nSPS) is 19.6. The van der Waals surface area contributed by atoms with Gasteiger partial charge in [0.05, 0.1) is 44.2 Å². The first-order valence-electron chi connectivity index (χ1n) is 13.4. The number of imide groups is 1. The Hall–Kier alpha value is -4.84. The van der Waals surface area contributed by atoms with Gasteiger partial charge in [-0.15, -0.1) is 0 Å². The molecule has 2 fully saturated rings. The molecule has 2 heterocycles. The molecule has 0 radical (unpaired) electrons. The fraction of sp³-hybridized carbons (Fsp3) is 0.333. The van der Waals surface area contributed by atoms with Crippen LogP contribution >= 0.6 is 0 Å². The predicted octanol–water partition coefficient (Wildman–Crippen LogP) is 4.85. The number of nitrogens with zero attached hydrogens (tertiary/aromatic N) is 3. The van der Waals surface area contributed by atoms with Gasteiger partial charge in [0.15, 0.2) is 17.6 Å². The van der Waals surface area contributed by atoms with E-state index in [9.17, 15) is 19.7 Å². The maximum atomic E-state index is 14.1. The number of ether oxygens (including phenoxy) is 4. The summed E-state index contributed by atoms with van der Waals surface area (Å²) in [5.41, 5.74) is 0.968. The van der Waals surface area contributed by atoms with Crippen molar-refractivity contribution in [3.63, 3.8) is 0 Å². The second-order valence-corrected chi connectivity index (χ2v) is 9.73. The summed E-state index contributed by atoms with van der Waals surface area (Å²) in [6.45, 7) is 2.64. The van der Waals surface area contributed by atoms with Crippen molar-refractivity contribution in [2.45, 2.75) is 31.9 Å². The number of carbonyl (C=O) groups is 2. The lowest BCUT2D eigenvalue weighted by Gasteiger charge is -2.30. The van der Waals surface area contributed by atoms with Crippen LogP contribution in [0.15, 0.2) is 60.7 Å². The highest BCUT2D eigenvalue weighted by atomic mass is 16.7. The number of hydrogen-bond donors (Lipinski definition) is 0. The van der Waals surface area contributed by atoms with E-state index in [1.165, 1.54) is 44.6 Å². The first-order chi connectivity index (χ1) is 20.3. The van der Waals surface area contributed by atoms with Gasteiger partial charge in [0.25, 0.3) is 11.6 Å². The average molecular weight is 578 g/mol. The fourth-order valence-electron chi connectivity index (χ4n) is 5.34. The van der Waals surface area contributed by atoms with E-state index in [1.54, 1.807) is 42.5 Å². The molecule has 42 heavy (non-hydrogen) atoms. The third-order valence-corrected chi connectivity index (χ3v) is 7.33. The van der Waals surface area contributed by atoms with Gasteiger partial charge in [-0.3, -0.25) is 24.5 Å². The van der Waals surface area contributed by atoms with Gasteiger partial charge in [0.1, 0.15) is 17.7 Å². The van der Waals surface area contributed by atoms with Gasteiger partial charge in [-0.2, -0.15) is 0 Å². The summed E-state index contributed by atoms with van der Waals surface area (Å²) in [5, 5.41) is 12.9. The van der Waals surface area contributed by atoms with Crippen LogP contribution in [-0.2, 0) is 14.4 Å². The molecule has 0 aromatic heterocycles. The van der Waals surface area contributed by atoms with E-state index in [2.05, 4.69) is 6.92 Å². The number of methoxy groups -OCH3 is 3. The molecular formula is C30H31N3O9. The monoisotopic (exact) mass is 577 g/mol. The molecule has 5 rings (SSSR count). The summed E-state index contributed by atoms with van der Waals surface area (Å²) < 4.78 is 22.4. The van der Waals surface area contributed by atoms with E-state index >= 15 is 0 Å². The van der Waals surface area contributed by atoms with E-state index in [1.807, 2.05) is 0 Å². The van der Waals surface area contributed by atoms with Crippen molar-refractivity contribution in [3.05, 3.63) is 76.3 Å². The molecule has 3 aromatic rings. The van der Waals surface area contributed by atoms with Gasteiger partial charge in [0, 0.05) is 17.7 Å². The smallest absolute Gasteiger partial charge is 0.271 e. The van der Waals surface area contributed by atoms with E-state index in [0.717, 1.165) is 17.7 Å². The molecule has 2 saturated heterocycles. The highest BCUT2D eigenvalue weighted by molar-refractivity contribution is 6.24. The van der Waals surface area contributed by atoms with E-state index < -0.39 is 34.8 Å². The number of non-ortho nitro benzene ring substituents is 1. The Bertz CT molecular complexity index is 1490. The van der Waals surface area contributed by atoms with Crippen molar-refractivity contribution in [3.8, 4) is 23.0 Å². The predicted molar refractivity (Wildman–Crippen MR) is 152 cm³/mol. The van der Waals surface area contributed by atoms with Crippen molar-refractivity contribution in [1.29, 1.82) is 0 Å². The highest BCUT2D eigenvalue weighted by Crippen LogP contribution is 2.53. The average Bonchev–Trinajstić information content (AvgIpc) is 3.52. The van der Waals surface area contributed by atoms with Crippen molar-refractivity contribution in [2.75, 3.05) is 37.9 Å². The zero-order chi connectivity index (χ0) is 30.0. The van der Waals surface area contributed by atoms with Crippen LogP contribution in [0.25, 0.3) is 0 Å². The maximum absolute atomic E-state index is 14.1. The topological polar surface area (TPSA) is 130 Å². The van der Waals surface area contributed by atoms with Crippen LogP contribution in [0.4, 0.5) is 17.1 Å². The molecule has 3 atom stereocenters. The fourth-order valence-corrected chi connectivity index (χ4v) is 5.34. The number of nitro groups is 1. The summed E-state index contributed by atoms with van der Waals surface area (Å²) in [7, 11) is 4.39. The minimum Gasteiger partial charge on any atom is -0.494 e. The highest BCUT2D eigenvalue weighted by Gasteiger charge is 2.61. The first-order valence-corrected chi connectivity index (χ1v) is 13.4. The number of carbonyl (C=O) groups excluding carboxylic acids is 2. The summed E-state index contributed by atoms with van der Waals surface area (Å²) >= 11 is 0. The molecule has 12 heteroatoms. The lowest BCUT2D eigenvalue weighted by atomic mass is 9.89. The lowest BCUT2D eigenvalue weighted by molar-refractivity contribution is -0.384. The third-order valence-electron chi connectivity index (χ3n) is 7.33. The van der Waals surface area contributed by atoms with Crippen molar-refractivity contribution in [2.24, 2.45) is 5.92 Å². The zero-order valence-corrected chi connectivity index (χ0v) is 23.6. The molecule has 0 N–H and O–H groups in total. The van der Waals surface area contributed by atoms with Crippen LogP contribution in [0.5, 0.6) is 23.0 Å². The SMILES string of the molecule is CCCCOc1ccc(N2C(=O)[C@@H]3[C@@H](c4ccc(OC)c(OC)c4OC)N(c4cccc([N+](=O)[O-])c4)O[C@H]3C2=O)cc1. The number of rotatable bonds is 11. The molecule has 0 bridgehead atoms. The van der Waals surface area contributed by atoms with Gasteiger partial charge in [-0.25, -0.2) is 9.96 Å². The van der Waals surface area contributed by atoms with Gasteiger partial charge in [-0.05, 0) is 48.9 Å². The van der Waals surface area contributed by atoms with Crippen molar-refractivity contribution < 1.29 is 38.3 Å². The standard InChI is InChI=1S/C30H31N3O9/c1-5-6-16-41-21-12-10-18(11-13-21)31-29(34)24-25(22-14-15-23(38-2)27(40-4)26(22)39-3)32(42-28(24)30(31)35)19-8-7-9-20(17-19)33(36)37/h7-15,17,24-25,28H,5-6,16H2,1-4H3/t24-,25-,28-/m1/s1. The Morgan fingerprint density at radius 3 is 2.29 bits per heavy atom. The van der Waals surface area contributed by atoms with Crippen LogP contribution in [0.1, 0.15) is 31.4 Å². The number of anilines is 2. The van der Waals surface area contributed by atoms with E-state index in [0.29, 0.717) is 35.0 Å². The molecule has 2 aliphatic heterocycles. The number of nitro benzene ring substituents is 1. The van der Waals surface area contributed by atoms with Crippen LogP contribution in [-0.4, -0.2) is 50.8 Å².